The molecule has 0 unspecified atom stereocenters. The summed E-state index contributed by atoms with van der Waals surface area (Å²) in [7, 11) is 2.20. The summed E-state index contributed by atoms with van der Waals surface area (Å²) in [6.45, 7) is 11.5. The molecule has 0 spiro atoms. The van der Waals surface area contributed by atoms with Crippen molar-refractivity contribution in [2.24, 2.45) is 0 Å². The van der Waals surface area contributed by atoms with Crippen LogP contribution in [-0.2, 0) is 82.7 Å². The molecule has 5 aliphatic rings. The summed E-state index contributed by atoms with van der Waals surface area (Å²) >= 11 is 0. The molecule has 0 radical (unpaired) electrons. The number of anilines is 2. The Kier molecular flexibility index (Phi) is 20.9. The Morgan fingerprint density at radius 1 is 0.813 bits per heavy atom. The van der Waals surface area contributed by atoms with Crippen LogP contribution in [-0.4, -0.2) is 199 Å². The Hall–Kier alpha value is -9.19. The molecule has 28 nitrogen and oxygen atoms in total. The van der Waals surface area contributed by atoms with Crippen LogP contribution in [0, 0.1) is 12.7 Å². The first-order chi connectivity index (χ1) is 43.5. The number of carbonyl (C=O) groups is 10. The second-order valence-corrected chi connectivity index (χ2v) is 23.4. The predicted octanol–water partition coefficient (Wildman–Crippen LogP) is -0.439. The number of hydrogen-bond acceptors (Lipinski definition) is 18. The van der Waals surface area contributed by atoms with Crippen molar-refractivity contribution in [1.82, 2.24) is 51.3 Å². The number of pyridine rings is 2. The van der Waals surface area contributed by atoms with Gasteiger partial charge in [-0.05, 0) is 63.8 Å². The van der Waals surface area contributed by atoms with Crippen LogP contribution in [0.5, 0.6) is 5.75 Å². The van der Waals surface area contributed by atoms with E-state index in [1.165, 1.54) is 13.0 Å². The van der Waals surface area contributed by atoms with Gasteiger partial charge in [0, 0.05) is 105 Å². The average Bonchev–Trinajstić information content (AvgIpc) is 1.64. The van der Waals surface area contributed by atoms with Gasteiger partial charge in [0.25, 0.3) is 17.4 Å². The van der Waals surface area contributed by atoms with E-state index in [4.69, 9.17) is 19.2 Å². The van der Waals surface area contributed by atoms with Gasteiger partial charge in [-0.1, -0.05) is 19.1 Å². The highest BCUT2D eigenvalue weighted by Crippen LogP contribution is 2.47. The van der Waals surface area contributed by atoms with Gasteiger partial charge in [0.1, 0.15) is 25.2 Å². The number of likely N-dealkylation sites (N-methyl/N-ethyl adjacent to an activating group) is 1. The number of esters is 1. The smallest absolute Gasteiger partial charge is 0.343 e. The van der Waals surface area contributed by atoms with Crippen molar-refractivity contribution in [1.29, 1.82) is 0 Å². The largest absolute Gasteiger partial charge is 0.468 e. The lowest BCUT2D eigenvalue weighted by Gasteiger charge is -2.42. The predicted molar refractivity (Wildman–Crippen MR) is 326 cm³/mol. The molecule has 7 heterocycles. The summed E-state index contributed by atoms with van der Waals surface area (Å²) in [5.41, 5.74) is 3.20. The average molecular weight is 1260 g/mol. The summed E-state index contributed by atoms with van der Waals surface area (Å²) < 4.78 is 34.6. The second-order valence-electron chi connectivity index (χ2n) is 23.4. The number of nitrogens with one attached hydrogen (secondary N) is 7. The number of amides is 9. The minimum Gasteiger partial charge on any atom is -0.468 e. The number of halogens is 1. The Morgan fingerprint density at radius 2 is 1.51 bits per heavy atom. The van der Waals surface area contributed by atoms with Gasteiger partial charge in [0.15, 0.2) is 23.9 Å². The number of rotatable bonds is 28. The maximum Gasteiger partial charge on any atom is 0.343 e. The van der Waals surface area contributed by atoms with Crippen molar-refractivity contribution < 1.29 is 76.1 Å². The van der Waals surface area contributed by atoms with Crippen molar-refractivity contribution in [3.8, 4) is 17.1 Å². The molecule has 486 valence electrons. The van der Waals surface area contributed by atoms with E-state index >= 15 is 4.39 Å². The SMILES string of the molecule is CCOCCNC(=O)CC[C@H](NC(=O)CCCN1C(=O)C=CC1=O)C(=O)NCC(=O)NCC(=O)NCC(=O)N[C@@H](C)C(=O)Nc1ccc(C[N+]2(C)CCN(CCN3COc4c(F)cc5nc6c(c(C)c5c43)Cn3c-6cc4c(c3=O)COC(=O)[C@]4(O)CC)CC2)cc1. The molecule has 2 aromatic heterocycles. The standard InChI is InChI=1S/C62H76FN13O15/c1-6-62(88)42-27-46-55-40(32-75(46)60(86)41(42)34-90-61(62)87)36(3)54-45(71-55)28-43(63)57-56(54)73(35-91-57)21-20-72-22-24-76(5,25-23-72)33-38-10-12-39(13-11-38)69-58(84)37(4)68-51(81)31-66-49(79)29-65-50(80)30-67-59(85)44(14-15-47(77)64-18-26-89-7-2)70-48(78)9-8-19-74-52(82)16-17-53(74)83/h10-13,16-17,27-28,37,44,88H,6-9,14-15,18-26,29-35H2,1-5H3,(H6-,64,65,66,67,68,69,70,77,78,79,80,81,84,85)/p+1/t37-,44-,62-/m0/s1. The number of carbonyl (C=O) groups excluding carboxylic acids is 10. The van der Waals surface area contributed by atoms with E-state index in [1.54, 1.807) is 36.6 Å². The van der Waals surface area contributed by atoms with Crippen LogP contribution in [0.1, 0.15) is 80.7 Å². The van der Waals surface area contributed by atoms with Crippen molar-refractivity contribution in [3.63, 3.8) is 0 Å². The van der Waals surface area contributed by atoms with Crippen LogP contribution in [0.15, 0.2) is 53.3 Å². The van der Waals surface area contributed by atoms with Gasteiger partial charge in [0.05, 0.1) is 81.1 Å². The zero-order valence-corrected chi connectivity index (χ0v) is 51.6. The van der Waals surface area contributed by atoms with Crippen molar-refractivity contribution in [2.75, 3.05) is 109 Å². The van der Waals surface area contributed by atoms with E-state index in [-0.39, 0.29) is 94.1 Å². The van der Waals surface area contributed by atoms with Crippen molar-refractivity contribution in [3.05, 3.63) is 92.5 Å². The zero-order chi connectivity index (χ0) is 65.3. The fourth-order valence-electron chi connectivity index (χ4n) is 11.7. The number of benzene rings is 2. The number of aromatic nitrogens is 2. The minimum atomic E-state index is -1.97. The Morgan fingerprint density at radius 3 is 2.20 bits per heavy atom. The second kappa shape index (κ2) is 28.7. The summed E-state index contributed by atoms with van der Waals surface area (Å²) in [6.07, 6.45) is 1.91. The molecule has 0 bridgehead atoms. The van der Waals surface area contributed by atoms with Crippen molar-refractivity contribution >= 4 is 81.4 Å². The number of nitrogens with zero attached hydrogens (tertiary/aromatic N) is 6. The first-order valence-corrected chi connectivity index (χ1v) is 30.4. The molecule has 29 heteroatoms. The topological polar surface area (TPSA) is 347 Å². The number of cyclic esters (lactones) is 1. The number of quaternary nitrogens is 1. The molecule has 91 heavy (non-hydrogen) atoms. The third kappa shape index (κ3) is 15.4. The Balaban J connectivity index is 0.678. The van der Waals surface area contributed by atoms with Gasteiger partial charge in [-0.2, -0.15) is 0 Å². The Bertz CT molecular complexity index is 3630. The summed E-state index contributed by atoms with van der Waals surface area (Å²) in [6, 6.07) is 8.20. The fourth-order valence-corrected chi connectivity index (χ4v) is 11.7. The molecular formula is C62H77FN13O15+. The first kappa shape index (κ1) is 66.2. The molecule has 8 N–H and O–H groups in total. The highest BCUT2D eigenvalue weighted by molar-refractivity contribution is 6.13. The number of piperazine rings is 1. The van der Waals surface area contributed by atoms with Crippen LogP contribution in [0.3, 0.4) is 0 Å². The molecular weight excluding hydrogens is 1190 g/mol. The third-order valence-electron chi connectivity index (χ3n) is 17.1. The van der Waals surface area contributed by atoms with Crippen LogP contribution >= 0.6 is 0 Å². The van der Waals surface area contributed by atoms with Crippen molar-refractivity contribution in [2.45, 2.75) is 97.2 Å². The monoisotopic (exact) mass is 1260 g/mol. The summed E-state index contributed by atoms with van der Waals surface area (Å²) in [5, 5.41) is 29.6. The van der Waals surface area contributed by atoms with E-state index in [2.05, 4.69) is 49.2 Å². The van der Waals surface area contributed by atoms with Gasteiger partial charge in [-0.15, -0.1) is 0 Å². The molecule has 0 aliphatic carbocycles. The maximum absolute atomic E-state index is 15.9. The summed E-state index contributed by atoms with van der Waals surface area (Å²) in [5.74, 6) is -6.72. The summed E-state index contributed by atoms with van der Waals surface area (Å²) in [4.78, 5) is 150. The van der Waals surface area contributed by atoms with Crippen LogP contribution in [0.2, 0.25) is 0 Å². The number of aryl methyl sites for hydroxylation is 1. The molecule has 9 rings (SSSR count). The lowest BCUT2D eigenvalue weighted by atomic mass is 9.86. The highest BCUT2D eigenvalue weighted by atomic mass is 19.1. The van der Waals surface area contributed by atoms with Gasteiger partial charge < -0.3 is 70.5 Å². The maximum atomic E-state index is 15.9. The van der Waals surface area contributed by atoms with E-state index in [9.17, 15) is 57.8 Å². The third-order valence-corrected chi connectivity index (χ3v) is 17.1. The Labute approximate surface area is 523 Å². The molecule has 0 saturated carbocycles. The number of aliphatic hydroxyl groups is 1. The molecule has 2 aromatic carbocycles. The van der Waals surface area contributed by atoms with E-state index in [1.807, 2.05) is 24.0 Å². The first-order valence-electron chi connectivity index (χ1n) is 30.4. The normalized spacial score (nSPS) is 17.6. The molecule has 3 atom stereocenters. The molecule has 1 saturated heterocycles. The lowest BCUT2D eigenvalue weighted by molar-refractivity contribution is -0.926. The van der Waals surface area contributed by atoms with E-state index in [0.29, 0.717) is 48.0 Å². The number of ether oxygens (including phenoxy) is 3. The minimum absolute atomic E-state index is 0.0118. The number of fused-ring (bicyclic) bond motifs is 7. The number of hydrogen-bond donors (Lipinski definition) is 8. The molecule has 9 amide bonds. The molecule has 1 fully saturated rings. The van der Waals surface area contributed by atoms with E-state index < -0.39 is 102 Å². The number of imide groups is 1. The molecule has 5 aliphatic heterocycles. The molecule has 4 aromatic rings. The fraction of sp³-hybridized carbons (Fsp3) is 0.484. The lowest BCUT2D eigenvalue weighted by Crippen LogP contribution is -2.57. The van der Waals surface area contributed by atoms with Crippen LogP contribution in [0.4, 0.5) is 15.8 Å². The van der Waals surface area contributed by atoms with Gasteiger partial charge in [0.2, 0.25) is 41.4 Å². The van der Waals surface area contributed by atoms with Crippen LogP contribution < -0.4 is 52.4 Å². The van der Waals surface area contributed by atoms with Gasteiger partial charge >= 0.3 is 5.97 Å². The van der Waals surface area contributed by atoms with E-state index in [0.717, 1.165) is 76.3 Å². The van der Waals surface area contributed by atoms with Gasteiger partial charge in [-0.3, -0.25) is 57.7 Å². The quantitative estimate of drug-likeness (QED) is 0.0136. The van der Waals surface area contributed by atoms with Gasteiger partial charge in [-0.25, -0.2) is 14.2 Å². The van der Waals surface area contributed by atoms with Crippen LogP contribution in [0.25, 0.3) is 22.3 Å². The zero-order valence-electron chi connectivity index (χ0n) is 51.6. The highest BCUT2D eigenvalue weighted by Gasteiger charge is 2.46.